The molecule has 9 heteroatoms. The van der Waals surface area contributed by atoms with Crippen LogP contribution in [0, 0.1) is 0 Å². The van der Waals surface area contributed by atoms with E-state index in [0.717, 1.165) is 35.4 Å². The summed E-state index contributed by atoms with van der Waals surface area (Å²) in [5, 5.41) is 6.28. The molecule has 0 bridgehead atoms. The quantitative estimate of drug-likeness (QED) is 0.566. The minimum atomic E-state index is -0.146. The van der Waals surface area contributed by atoms with Gasteiger partial charge in [0.1, 0.15) is 5.82 Å². The molecule has 0 aliphatic carbocycles. The SMILES string of the molecule is O=C1CN(c2ccc(NC(=O)N3CCCC(c4nc5ccccc5[nH]4)C3)cc2Cl)CCN1. The van der Waals surface area contributed by atoms with Crippen LogP contribution < -0.4 is 15.5 Å². The van der Waals surface area contributed by atoms with Crippen LogP contribution in [0.2, 0.25) is 5.02 Å². The van der Waals surface area contributed by atoms with E-state index in [0.29, 0.717) is 36.9 Å². The number of H-pyrrole nitrogens is 1. The number of amides is 3. The maximum absolute atomic E-state index is 12.9. The Bertz CT molecular complexity index is 1130. The molecule has 2 saturated heterocycles. The van der Waals surface area contributed by atoms with E-state index in [9.17, 15) is 9.59 Å². The third-order valence-corrected chi connectivity index (χ3v) is 6.38. The number of imidazole rings is 1. The number of nitrogens with zero attached hydrogens (tertiary/aromatic N) is 3. The second-order valence-electron chi connectivity index (χ2n) is 8.29. The first-order valence-electron chi connectivity index (χ1n) is 10.9. The lowest BCUT2D eigenvalue weighted by Gasteiger charge is -2.32. The number of fused-ring (bicyclic) bond motifs is 1. The van der Waals surface area contributed by atoms with Gasteiger partial charge in [-0.25, -0.2) is 9.78 Å². The van der Waals surface area contributed by atoms with Gasteiger partial charge >= 0.3 is 6.03 Å². The van der Waals surface area contributed by atoms with Crippen molar-refractivity contribution in [2.45, 2.75) is 18.8 Å². The molecule has 5 rings (SSSR count). The number of aromatic nitrogens is 2. The van der Waals surface area contributed by atoms with Crippen molar-refractivity contribution in [2.24, 2.45) is 0 Å². The fourth-order valence-corrected chi connectivity index (χ4v) is 4.74. The molecule has 2 fully saturated rings. The Morgan fingerprint density at radius 1 is 1.19 bits per heavy atom. The molecular formula is C23H25ClN6O2. The van der Waals surface area contributed by atoms with Gasteiger partial charge in [-0.1, -0.05) is 23.7 Å². The van der Waals surface area contributed by atoms with Crippen molar-refractivity contribution in [3.8, 4) is 0 Å². The lowest BCUT2D eigenvalue weighted by molar-refractivity contribution is -0.120. The molecule has 32 heavy (non-hydrogen) atoms. The second-order valence-corrected chi connectivity index (χ2v) is 8.70. The fraction of sp³-hybridized carbons (Fsp3) is 0.348. The van der Waals surface area contributed by atoms with Crippen molar-refractivity contribution in [3.05, 3.63) is 53.3 Å². The number of nitrogens with one attached hydrogen (secondary N) is 3. The number of halogens is 1. The fourth-order valence-electron chi connectivity index (χ4n) is 4.44. The van der Waals surface area contributed by atoms with Crippen LogP contribution >= 0.6 is 11.6 Å². The standard InChI is InChI=1S/C23H25ClN6O2/c24-17-12-16(7-8-20(17)29-11-9-25-21(31)14-29)26-23(32)30-10-3-4-15(13-30)22-27-18-5-1-2-6-19(18)28-22/h1-2,5-8,12,15H,3-4,9-11,13-14H2,(H,25,31)(H,26,32)(H,27,28). The number of likely N-dealkylation sites (tertiary alicyclic amines) is 1. The zero-order chi connectivity index (χ0) is 22.1. The second kappa shape index (κ2) is 8.70. The molecule has 8 nitrogen and oxygen atoms in total. The van der Waals surface area contributed by atoms with Gasteiger partial charge in [0.15, 0.2) is 0 Å². The number of urea groups is 1. The van der Waals surface area contributed by atoms with Crippen LogP contribution in [-0.2, 0) is 4.79 Å². The molecule has 2 aliphatic heterocycles. The molecule has 3 aromatic rings. The van der Waals surface area contributed by atoms with Crippen LogP contribution in [0.4, 0.5) is 16.2 Å². The van der Waals surface area contributed by atoms with E-state index in [-0.39, 0.29) is 24.4 Å². The molecule has 1 atom stereocenters. The van der Waals surface area contributed by atoms with Crippen LogP contribution in [0.1, 0.15) is 24.6 Å². The highest BCUT2D eigenvalue weighted by atomic mass is 35.5. The molecule has 0 spiro atoms. The monoisotopic (exact) mass is 452 g/mol. The number of hydrogen-bond acceptors (Lipinski definition) is 4. The number of piperidine rings is 1. The first-order valence-corrected chi connectivity index (χ1v) is 11.3. The van der Waals surface area contributed by atoms with Gasteiger partial charge < -0.3 is 25.4 Å². The Labute approximate surface area is 190 Å². The first-order chi connectivity index (χ1) is 15.6. The number of para-hydroxylation sites is 2. The van der Waals surface area contributed by atoms with E-state index in [1.807, 2.05) is 46.2 Å². The number of anilines is 2. The van der Waals surface area contributed by atoms with Gasteiger partial charge in [0.25, 0.3) is 0 Å². The summed E-state index contributed by atoms with van der Waals surface area (Å²) in [5.41, 5.74) is 3.40. The van der Waals surface area contributed by atoms with Crippen molar-refractivity contribution in [1.82, 2.24) is 20.2 Å². The lowest BCUT2D eigenvalue weighted by atomic mass is 9.97. The average molecular weight is 453 g/mol. The summed E-state index contributed by atoms with van der Waals surface area (Å²) in [5.74, 6) is 1.09. The number of carbonyl (C=O) groups is 2. The van der Waals surface area contributed by atoms with Crippen molar-refractivity contribution in [2.75, 3.05) is 42.9 Å². The number of hydrogen-bond donors (Lipinski definition) is 3. The minimum Gasteiger partial charge on any atom is -0.359 e. The van der Waals surface area contributed by atoms with E-state index in [2.05, 4.69) is 15.6 Å². The molecule has 2 aliphatic rings. The molecule has 0 radical (unpaired) electrons. The largest absolute Gasteiger partial charge is 0.359 e. The molecular weight excluding hydrogens is 428 g/mol. The molecule has 3 amide bonds. The number of rotatable bonds is 3. The van der Waals surface area contributed by atoms with Gasteiger partial charge in [-0.2, -0.15) is 0 Å². The smallest absolute Gasteiger partial charge is 0.321 e. The molecule has 3 N–H and O–H groups in total. The van der Waals surface area contributed by atoms with Crippen molar-refractivity contribution in [1.29, 1.82) is 0 Å². The number of aromatic amines is 1. The Morgan fingerprint density at radius 2 is 2.06 bits per heavy atom. The van der Waals surface area contributed by atoms with Crippen LogP contribution in [-0.4, -0.2) is 59.5 Å². The first kappa shape index (κ1) is 20.6. The highest BCUT2D eigenvalue weighted by molar-refractivity contribution is 6.33. The summed E-state index contributed by atoms with van der Waals surface area (Å²) in [4.78, 5) is 36.5. The molecule has 0 saturated carbocycles. The summed E-state index contributed by atoms with van der Waals surface area (Å²) in [6.07, 6.45) is 1.92. The number of benzene rings is 2. The van der Waals surface area contributed by atoms with Gasteiger partial charge in [-0.05, 0) is 43.2 Å². The summed E-state index contributed by atoms with van der Waals surface area (Å²) >= 11 is 6.47. The van der Waals surface area contributed by atoms with Gasteiger partial charge in [0, 0.05) is 37.8 Å². The normalized spacial score (nSPS) is 19.2. The van der Waals surface area contributed by atoms with Gasteiger partial charge in [-0.3, -0.25) is 4.79 Å². The summed E-state index contributed by atoms with van der Waals surface area (Å²) in [6.45, 7) is 2.89. The number of carbonyl (C=O) groups excluding carboxylic acids is 2. The summed E-state index contributed by atoms with van der Waals surface area (Å²) < 4.78 is 0. The molecule has 1 aromatic heterocycles. The van der Waals surface area contributed by atoms with E-state index in [1.54, 1.807) is 6.07 Å². The highest BCUT2D eigenvalue weighted by Gasteiger charge is 2.27. The van der Waals surface area contributed by atoms with Crippen LogP contribution in [0.5, 0.6) is 0 Å². The summed E-state index contributed by atoms with van der Waals surface area (Å²) in [6, 6.07) is 13.2. The zero-order valence-corrected chi connectivity index (χ0v) is 18.4. The van der Waals surface area contributed by atoms with Crippen LogP contribution in [0.25, 0.3) is 11.0 Å². The Morgan fingerprint density at radius 3 is 2.88 bits per heavy atom. The summed E-state index contributed by atoms with van der Waals surface area (Å²) in [7, 11) is 0. The lowest BCUT2D eigenvalue weighted by Crippen LogP contribution is -2.47. The molecule has 1 unspecified atom stereocenters. The third-order valence-electron chi connectivity index (χ3n) is 6.08. The third kappa shape index (κ3) is 4.23. The Hall–Kier alpha value is -3.26. The molecule has 3 heterocycles. The minimum absolute atomic E-state index is 0.0196. The zero-order valence-electron chi connectivity index (χ0n) is 17.6. The maximum atomic E-state index is 12.9. The predicted octanol–water partition coefficient (Wildman–Crippen LogP) is 3.56. The Balaban J connectivity index is 1.25. The number of piperazine rings is 1. The van der Waals surface area contributed by atoms with Gasteiger partial charge in [0.2, 0.25) is 5.91 Å². The molecule has 2 aromatic carbocycles. The molecule has 166 valence electrons. The van der Waals surface area contributed by atoms with Gasteiger partial charge in [-0.15, -0.1) is 0 Å². The van der Waals surface area contributed by atoms with Crippen molar-refractivity contribution in [3.63, 3.8) is 0 Å². The predicted molar refractivity (Wildman–Crippen MR) is 125 cm³/mol. The highest BCUT2D eigenvalue weighted by Crippen LogP contribution is 2.30. The maximum Gasteiger partial charge on any atom is 0.321 e. The van der Waals surface area contributed by atoms with E-state index in [1.165, 1.54) is 0 Å². The average Bonchev–Trinajstić information content (AvgIpc) is 3.24. The van der Waals surface area contributed by atoms with Crippen molar-refractivity contribution < 1.29 is 9.59 Å². The Kier molecular flexibility index (Phi) is 5.61. The van der Waals surface area contributed by atoms with E-state index in [4.69, 9.17) is 16.6 Å². The van der Waals surface area contributed by atoms with E-state index >= 15 is 0 Å². The van der Waals surface area contributed by atoms with Crippen LogP contribution in [0.15, 0.2) is 42.5 Å². The van der Waals surface area contributed by atoms with Crippen molar-refractivity contribution >= 4 is 45.9 Å². The van der Waals surface area contributed by atoms with Gasteiger partial charge in [0.05, 0.1) is 28.3 Å². The van der Waals surface area contributed by atoms with Crippen LogP contribution in [0.3, 0.4) is 0 Å². The topological polar surface area (TPSA) is 93.4 Å². The van der Waals surface area contributed by atoms with E-state index < -0.39 is 0 Å².